The van der Waals surface area contributed by atoms with Crippen LogP contribution in [-0.2, 0) is 16.1 Å². The summed E-state index contributed by atoms with van der Waals surface area (Å²) >= 11 is 0. The molecule has 2 amide bonds. The molecule has 2 aliphatic rings. The third-order valence-corrected chi connectivity index (χ3v) is 6.65. The molecule has 1 aliphatic heterocycles. The number of anilines is 1. The molecule has 0 radical (unpaired) electrons. The van der Waals surface area contributed by atoms with E-state index in [-0.39, 0.29) is 24.8 Å². The smallest absolute Gasteiger partial charge is 0.347 e. The highest BCUT2D eigenvalue weighted by atomic mass is 16.5. The molecular weight excluding hydrogens is 436 g/mol. The minimum absolute atomic E-state index is 0.145. The molecule has 174 valence electrons. The van der Waals surface area contributed by atoms with E-state index in [1.165, 1.54) is 9.58 Å². The molecule has 1 N–H and O–H groups in total. The van der Waals surface area contributed by atoms with Gasteiger partial charge in [0.2, 0.25) is 11.8 Å². The molecule has 1 aromatic heterocycles. The number of hydrogen-bond acceptors (Lipinski definition) is 5. The van der Waals surface area contributed by atoms with Crippen LogP contribution in [0.15, 0.2) is 75.8 Å². The maximum Gasteiger partial charge on any atom is 0.347 e. The Balaban J connectivity index is 1.45. The second-order valence-electron chi connectivity index (χ2n) is 8.65. The van der Waals surface area contributed by atoms with E-state index in [4.69, 9.17) is 4.74 Å². The lowest BCUT2D eigenvalue weighted by molar-refractivity contribution is -0.122. The average molecular weight is 460 g/mol. The Morgan fingerprint density at radius 1 is 0.971 bits per heavy atom. The predicted molar refractivity (Wildman–Crippen MR) is 125 cm³/mol. The van der Waals surface area contributed by atoms with E-state index < -0.39 is 29.3 Å². The Morgan fingerprint density at radius 2 is 1.68 bits per heavy atom. The summed E-state index contributed by atoms with van der Waals surface area (Å²) in [6, 6.07) is 15.5. The molecule has 1 aliphatic carbocycles. The molecule has 0 spiro atoms. The van der Waals surface area contributed by atoms with Gasteiger partial charge in [-0.05, 0) is 43.2 Å². The molecule has 1 fully saturated rings. The van der Waals surface area contributed by atoms with E-state index in [2.05, 4.69) is 5.10 Å². The summed E-state index contributed by atoms with van der Waals surface area (Å²) < 4.78 is 7.57. The number of ether oxygens (including phenoxy) is 1. The fourth-order valence-corrected chi connectivity index (χ4v) is 4.84. The first-order valence-corrected chi connectivity index (χ1v) is 11.0. The summed E-state index contributed by atoms with van der Waals surface area (Å²) in [5, 5.41) is 2.64. The number of nitrogens with zero attached hydrogens (tertiary/aromatic N) is 3. The minimum atomic E-state index is -0.615. The number of hydrogen-bond donors (Lipinski definition) is 1. The van der Waals surface area contributed by atoms with Crippen LogP contribution in [-0.4, -0.2) is 33.3 Å². The van der Waals surface area contributed by atoms with Crippen LogP contribution in [0, 0.1) is 11.8 Å². The van der Waals surface area contributed by atoms with E-state index >= 15 is 0 Å². The normalized spacial score (nSPS) is 22.0. The van der Waals surface area contributed by atoms with Gasteiger partial charge in [0, 0.05) is 0 Å². The van der Waals surface area contributed by atoms with Crippen LogP contribution < -0.4 is 21.0 Å². The maximum atomic E-state index is 13.3. The molecule has 2 aromatic carbocycles. The average Bonchev–Trinajstić information content (AvgIpc) is 3.26. The number of rotatable bonds is 5. The van der Waals surface area contributed by atoms with Crippen molar-refractivity contribution in [1.29, 1.82) is 0 Å². The van der Waals surface area contributed by atoms with Gasteiger partial charge in [0.25, 0.3) is 0 Å². The molecule has 3 aromatic rings. The number of aromatic amines is 1. The van der Waals surface area contributed by atoms with Crippen molar-refractivity contribution in [3.63, 3.8) is 0 Å². The Kier molecular flexibility index (Phi) is 5.31. The maximum absolute atomic E-state index is 13.3. The lowest BCUT2D eigenvalue weighted by Crippen LogP contribution is -2.35. The highest BCUT2D eigenvalue weighted by molar-refractivity contribution is 6.22. The largest absolute Gasteiger partial charge is 0.497 e. The van der Waals surface area contributed by atoms with Crippen molar-refractivity contribution in [2.24, 2.45) is 11.8 Å². The Hall–Kier alpha value is -4.14. The van der Waals surface area contributed by atoms with Crippen molar-refractivity contribution < 1.29 is 14.3 Å². The predicted octanol–water partition coefficient (Wildman–Crippen LogP) is 2.09. The summed E-state index contributed by atoms with van der Waals surface area (Å²) in [6.07, 6.45) is 2.00. The third-order valence-electron chi connectivity index (χ3n) is 6.65. The standard InChI is InChI=1S/C25H24N4O5/c1-15-12-19-20(23(31)28(22(19)30)17-8-10-18(34-2)11-9-17)13-21(15)29-25(33)27(24(32)26-29)14-16-6-4-3-5-7-16/h3-12,19-21H,13-14H2,1-2H3,(H,26,32)/t19-,20+,21+/m1/s1. The van der Waals surface area contributed by atoms with Crippen molar-refractivity contribution in [3.8, 4) is 5.75 Å². The second-order valence-corrected chi connectivity index (χ2v) is 8.65. The zero-order valence-corrected chi connectivity index (χ0v) is 18.8. The summed E-state index contributed by atoms with van der Waals surface area (Å²) in [7, 11) is 1.54. The molecule has 9 nitrogen and oxygen atoms in total. The van der Waals surface area contributed by atoms with Gasteiger partial charge in [0.1, 0.15) is 5.75 Å². The van der Waals surface area contributed by atoms with Gasteiger partial charge in [-0.3, -0.25) is 9.59 Å². The number of methoxy groups -OCH3 is 1. The third kappa shape index (κ3) is 3.49. The molecule has 1 saturated heterocycles. The number of nitrogens with one attached hydrogen (secondary N) is 1. The lowest BCUT2D eigenvalue weighted by Gasteiger charge is -2.27. The summed E-state index contributed by atoms with van der Waals surface area (Å²) in [5.41, 5.74) is 1.07. The van der Waals surface area contributed by atoms with Gasteiger partial charge < -0.3 is 4.74 Å². The van der Waals surface area contributed by atoms with Gasteiger partial charge in [-0.2, -0.15) is 0 Å². The van der Waals surface area contributed by atoms with Crippen molar-refractivity contribution in [3.05, 3.63) is 92.8 Å². The summed E-state index contributed by atoms with van der Waals surface area (Å²) in [5.74, 6) is -1.19. The van der Waals surface area contributed by atoms with Gasteiger partial charge in [-0.15, -0.1) is 0 Å². The first kappa shape index (κ1) is 21.7. The van der Waals surface area contributed by atoms with Crippen LogP contribution in [0.2, 0.25) is 0 Å². The Morgan fingerprint density at radius 3 is 2.35 bits per heavy atom. The molecule has 0 bridgehead atoms. The number of fused-ring (bicyclic) bond motifs is 1. The van der Waals surface area contributed by atoms with Gasteiger partial charge >= 0.3 is 11.4 Å². The number of carbonyl (C=O) groups is 2. The van der Waals surface area contributed by atoms with Crippen LogP contribution in [0.3, 0.4) is 0 Å². The summed E-state index contributed by atoms with van der Waals surface area (Å²) in [6.45, 7) is 1.96. The first-order chi connectivity index (χ1) is 16.4. The zero-order chi connectivity index (χ0) is 24.0. The highest BCUT2D eigenvalue weighted by Crippen LogP contribution is 2.42. The van der Waals surface area contributed by atoms with Crippen molar-refractivity contribution in [2.45, 2.75) is 25.9 Å². The van der Waals surface area contributed by atoms with Gasteiger partial charge in [-0.25, -0.2) is 28.8 Å². The van der Waals surface area contributed by atoms with Crippen LogP contribution in [0.25, 0.3) is 0 Å². The molecule has 3 atom stereocenters. The molecule has 0 saturated carbocycles. The zero-order valence-electron chi connectivity index (χ0n) is 18.8. The van der Waals surface area contributed by atoms with Crippen molar-refractivity contribution in [2.75, 3.05) is 12.0 Å². The van der Waals surface area contributed by atoms with Crippen LogP contribution in [0.1, 0.15) is 24.9 Å². The second kappa shape index (κ2) is 8.33. The van der Waals surface area contributed by atoms with E-state index in [0.717, 1.165) is 15.7 Å². The van der Waals surface area contributed by atoms with Gasteiger partial charge in [0.15, 0.2) is 0 Å². The number of H-pyrrole nitrogens is 1. The number of benzene rings is 2. The van der Waals surface area contributed by atoms with Crippen LogP contribution >= 0.6 is 0 Å². The fourth-order valence-electron chi connectivity index (χ4n) is 4.84. The van der Waals surface area contributed by atoms with Crippen LogP contribution in [0.4, 0.5) is 5.69 Å². The first-order valence-electron chi connectivity index (χ1n) is 11.0. The van der Waals surface area contributed by atoms with E-state index in [1.54, 1.807) is 37.5 Å². The molecule has 5 rings (SSSR count). The number of imide groups is 1. The van der Waals surface area contributed by atoms with Gasteiger partial charge in [-0.1, -0.05) is 42.0 Å². The quantitative estimate of drug-likeness (QED) is 0.464. The molecule has 9 heteroatoms. The topological polar surface area (TPSA) is 106 Å². The number of carbonyl (C=O) groups excluding carboxylic acids is 2. The molecule has 34 heavy (non-hydrogen) atoms. The molecule has 0 unspecified atom stereocenters. The van der Waals surface area contributed by atoms with E-state index in [1.807, 2.05) is 37.3 Å². The lowest BCUT2D eigenvalue weighted by atomic mass is 9.80. The molecule has 2 heterocycles. The van der Waals surface area contributed by atoms with Crippen molar-refractivity contribution in [1.82, 2.24) is 14.3 Å². The van der Waals surface area contributed by atoms with Crippen LogP contribution in [0.5, 0.6) is 5.75 Å². The fraction of sp³-hybridized carbons (Fsp3) is 0.280. The van der Waals surface area contributed by atoms with Gasteiger partial charge in [0.05, 0.1) is 37.2 Å². The number of allylic oxidation sites excluding steroid dienone is 1. The Bertz CT molecular complexity index is 1400. The van der Waals surface area contributed by atoms with E-state index in [9.17, 15) is 19.2 Å². The Labute approximate surface area is 194 Å². The van der Waals surface area contributed by atoms with E-state index in [0.29, 0.717) is 11.4 Å². The molecular formula is C25H24N4O5. The monoisotopic (exact) mass is 460 g/mol. The highest BCUT2D eigenvalue weighted by Gasteiger charge is 2.50. The summed E-state index contributed by atoms with van der Waals surface area (Å²) in [4.78, 5) is 53.3. The number of aromatic nitrogens is 3. The minimum Gasteiger partial charge on any atom is -0.497 e. The number of amides is 2. The van der Waals surface area contributed by atoms with Crippen molar-refractivity contribution >= 4 is 17.5 Å². The SMILES string of the molecule is COc1ccc(N2C(=O)[C@H]3C[C@H](n4[nH]c(=O)n(Cc5ccccc5)c4=O)C(C)=C[C@H]3C2=O)cc1.